The SMILES string of the molecule is CC(=O)NC(C)(C)C[C@H]1CCc2cc(CC(=O)OC(C)(C)C)ccc2O1. The third-order valence-corrected chi connectivity index (χ3v) is 4.18. The van der Waals surface area contributed by atoms with Crippen molar-refractivity contribution < 1.29 is 19.1 Å². The summed E-state index contributed by atoms with van der Waals surface area (Å²) in [4.78, 5) is 23.3. The van der Waals surface area contributed by atoms with Crippen molar-refractivity contribution in [2.75, 3.05) is 0 Å². The molecule has 1 atom stereocenters. The third kappa shape index (κ3) is 6.36. The van der Waals surface area contributed by atoms with E-state index >= 15 is 0 Å². The van der Waals surface area contributed by atoms with Gasteiger partial charge in [0.15, 0.2) is 0 Å². The highest BCUT2D eigenvalue weighted by molar-refractivity contribution is 5.74. The van der Waals surface area contributed by atoms with Gasteiger partial charge < -0.3 is 14.8 Å². The Bertz CT molecular complexity index is 673. The van der Waals surface area contributed by atoms with Gasteiger partial charge in [-0.3, -0.25) is 9.59 Å². The maximum absolute atomic E-state index is 12.0. The molecule has 0 saturated heterocycles. The normalized spacial score (nSPS) is 17.1. The molecule has 2 rings (SSSR count). The van der Waals surface area contributed by atoms with Crippen molar-refractivity contribution in [1.29, 1.82) is 0 Å². The molecule has 26 heavy (non-hydrogen) atoms. The molecule has 1 aromatic rings. The van der Waals surface area contributed by atoms with Gasteiger partial charge in [0, 0.05) is 18.9 Å². The number of rotatable bonds is 5. The van der Waals surface area contributed by atoms with Crippen LogP contribution in [-0.4, -0.2) is 29.1 Å². The number of carbonyl (C=O) groups is 2. The number of ether oxygens (including phenoxy) is 2. The minimum atomic E-state index is -0.470. The first-order valence-corrected chi connectivity index (χ1v) is 9.23. The second kappa shape index (κ2) is 7.68. The molecule has 1 aliphatic heterocycles. The fraction of sp³-hybridized carbons (Fsp3) is 0.619. The lowest BCUT2D eigenvalue weighted by Gasteiger charge is -2.33. The first-order chi connectivity index (χ1) is 11.9. The summed E-state index contributed by atoms with van der Waals surface area (Å²) in [5, 5.41) is 2.97. The summed E-state index contributed by atoms with van der Waals surface area (Å²) in [5.74, 6) is 0.620. The topological polar surface area (TPSA) is 64.6 Å². The number of carbonyl (C=O) groups excluding carboxylic acids is 2. The second-order valence-corrected chi connectivity index (χ2v) is 8.75. The van der Waals surface area contributed by atoms with Gasteiger partial charge >= 0.3 is 5.97 Å². The largest absolute Gasteiger partial charge is 0.490 e. The number of fused-ring (bicyclic) bond motifs is 1. The van der Waals surface area contributed by atoms with Crippen LogP contribution >= 0.6 is 0 Å². The van der Waals surface area contributed by atoms with Crippen LogP contribution in [0.3, 0.4) is 0 Å². The van der Waals surface area contributed by atoms with Gasteiger partial charge in [0.05, 0.1) is 6.42 Å². The zero-order chi connectivity index (χ0) is 19.5. The lowest BCUT2D eigenvalue weighted by atomic mass is 9.91. The van der Waals surface area contributed by atoms with Crippen molar-refractivity contribution in [1.82, 2.24) is 5.32 Å². The lowest BCUT2D eigenvalue weighted by Crippen LogP contribution is -2.46. The zero-order valence-corrected chi connectivity index (χ0v) is 16.8. The van der Waals surface area contributed by atoms with Crippen LogP contribution < -0.4 is 10.1 Å². The average Bonchev–Trinajstić information content (AvgIpc) is 2.43. The van der Waals surface area contributed by atoms with Crippen molar-refractivity contribution in [2.24, 2.45) is 0 Å². The fourth-order valence-electron chi connectivity index (χ4n) is 3.39. The van der Waals surface area contributed by atoms with Crippen LogP contribution in [0.2, 0.25) is 0 Å². The van der Waals surface area contributed by atoms with Crippen LogP contribution in [-0.2, 0) is 27.2 Å². The molecule has 5 nitrogen and oxygen atoms in total. The van der Waals surface area contributed by atoms with E-state index in [0.29, 0.717) is 0 Å². The Kier molecular flexibility index (Phi) is 5.99. The van der Waals surface area contributed by atoms with E-state index in [0.717, 1.165) is 36.1 Å². The Morgan fingerprint density at radius 1 is 1.23 bits per heavy atom. The lowest BCUT2D eigenvalue weighted by molar-refractivity contribution is -0.153. The van der Waals surface area contributed by atoms with E-state index in [4.69, 9.17) is 9.47 Å². The highest BCUT2D eigenvalue weighted by Gasteiger charge is 2.28. The first kappa shape index (κ1) is 20.3. The number of esters is 1. The highest BCUT2D eigenvalue weighted by atomic mass is 16.6. The van der Waals surface area contributed by atoms with Crippen LogP contribution in [0, 0.1) is 0 Å². The Balaban J connectivity index is 1.98. The van der Waals surface area contributed by atoms with Gasteiger partial charge in [0.2, 0.25) is 5.91 Å². The van der Waals surface area contributed by atoms with Crippen molar-refractivity contribution in [3.63, 3.8) is 0 Å². The Labute approximate surface area is 156 Å². The van der Waals surface area contributed by atoms with Gasteiger partial charge in [-0.15, -0.1) is 0 Å². The standard InChI is InChI=1S/C21H31NO4/c1-14(23)22-21(5,6)13-17-9-8-16-11-15(7-10-18(16)25-17)12-19(24)26-20(2,3)4/h7,10-11,17H,8-9,12-13H2,1-6H3,(H,22,23)/t17-/m1/s1. The molecule has 0 bridgehead atoms. The van der Waals surface area contributed by atoms with E-state index < -0.39 is 5.60 Å². The summed E-state index contributed by atoms with van der Waals surface area (Å²) in [6.45, 7) is 11.2. The highest BCUT2D eigenvalue weighted by Crippen LogP contribution is 2.31. The first-order valence-electron chi connectivity index (χ1n) is 9.23. The van der Waals surface area contributed by atoms with E-state index in [-0.39, 0.29) is 29.9 Å². The maximum Gasteiger partial charge on any atom is 0.310 e. The van der Waals surface area contributed by atoms with Gasteiger partial charge in [-0.1, -0.05) is 12.1 Å². The van der Waals surface area contributed by atoms with Crippen molar-refractivity contribution in [3.05, 3.63) is 29.3 Å². The van der Waals surface area contributed by atoms with Gasteiger partial charge in [-0.2, -0.15) is 0 Å². The molecule has 0 unspecified atom stereocenters. The molecule has 5 heteroatoms. The number of hydrogen-bond donors (Lipinski definition) is 1. The molecule has 1 N–H and O–H groups in total. The molecular weight excluding hydrogens is 330 g/mol. The van der Waals surface area contributed by atoms with Crippen LogP contribution in [0.25, 0.3) is 0 Å². The average molecular weight is 361 g/mol. The number of aryl methyl sites for hydroxylation is 1. The van der Waals surface area contributed by atoms with E-state index in [1.54, 1.807) is 0 Å². The van der Waals surface area contributed by atoms with Crippen LogP contribution in [0.15, 0.2) is 18.2 Å². The van der Waals surface area contributed by atoms with Gasteiger partial charge in [-0.05, 0) is 64.7 Å². The molecule has 0 radical (unpaired) electrons. The Morgan fingerprint density at radius 2 is 1.92 bits per heavy atom. The Hall–Kier alpha value is -2.04. The summed E-state index contributed by atoms with van der Waals surface area (Å²) in [6, 6.07) is 5.89. The summed E-state index contributed by atoms with van der Waals surface area (Å²) < 4.78 is 11.5. The zero-order valence-electron chi connectivity index (χ0n) is 16.8. The summed E-state index contributed by atoms with van der Waals surface area (Å²) in [5.41, 5.74) is 1.30. The second-order valence-electron chi connectivity index (χ2n) is 8.75. The van der Waals surface area contributed by atoms with E-state index in [9.17, 15) is 9.59 Å². The molecule has 144 valence electrons. The van der Waals surface area contributed by atoms with Gasteiger partial charge in [-0.25, -0.2) is 0 Å². The minimum Gasteiger partial charge on any atom is -0.490 e. The van der Waals surface area contributed by atoms with Crippen molar-refractivity contribution in [3.8, 4) is 5.75 Å². The van der Waals surface area contributed by atoms with Crippen LogP contribution in [0.1, 0.15) is 65.5 Å². The van der Waals surface area contributed by atoms with Crippen molar-refractivity contribution >= 4 is 11.9 Å². The fourth-order valence-corrected chi connectivity index (χ4v) is 3.39. The van der Waals surface area contributed by atoms with Gasteiger partial charge in [0.1, 0.15) is 17.5 Å². The minimum absolute atomic E-state index is 0.0296. The predicted molar refractivity (Wildman–Crippen MR) is 101 cm³/mol. The number of nitrogens with one attached hydrogen (secondary N) is 1. The number of amides is 1. The number of benzene rings is 1. The summed E-state index contributed by atoms with van der Waals surface area (Å²) in [6.07, 6.45) is 2.89. The van der Waals surface area contributed by atoms with Crippen molar-refractivity contribution in [2.45, 2.75) is 84.5 Å². The quantitative estimate of drug-likeness (QED) is 0.814. The number of hydrogen-bond acceptors (Lipinski definition) is 4. The molecular formula is C21H31NO4. The summed E-state index contributed by atoms with van der Waals surface area (Å²) >= 11 is 0. The molecule has 0 saturated carbocycles. The Morgan fingerprint density at radius 3 is 2.54 bits per heavy atom. The molecule has 0 aliphatic carbocycles. The van der Waals surface area contributed by atoms with E-state index in [2.05, 4.69) is 5.32 Å². The molecule has 1 heterocycles. The summed E-state index contributed by atoms with van der Waals surface area (Å²) in [7, 11) is 0. The maximum atomic E-state index is 12.0. The molecule has 0 spiro atoms. The molecule has 0 fully saturated rings. The predicted octanol–water partition coefficient (Wildman–Crippen LogP) is 3.57. The monoisotopic (exact) mass is 361 g/mol. The van der Waals surface area contributed by atoms with E-state index in [1.165, 1.54) is 6.92 Å². The third-order valence-electron chi connectivity index (χ3n) is 4.18. The van der Waals surface area contributed by atoms with Crippen LogP contribution in [0.5, 0.6) is 5.75 Å². The molecule has 1 aromatic carbocycles. The molecule has 0 aromatic heterocycles. The van der Waals surface area contributed by atoms with E-state index in [1.807, 2.05) is 52.8 Å². The van der Waals surface area contributed by atoms with Gasteiger partial charge in [0.25, 0.3) is 0 Å². The molecule has 1 aliphatic rings. The smallest absolute Gasteiger partial charge is 0.310 e. The molecule has 1 amide bonds. The van der Waals surface area contributed by atoms with Crippen LogP contribution in [0.4, 0.5) is 0 Å².